The molecule has 0 saturated heterocycles. The highest BCUT2D eigenvalue weighted by atomic mass is 32.1. The molecule has 0 bridgehead atoms. The summed E-state index contributed by atoms with van der Waals surface area (Å²) in [5.41, 5.74) is 3.70. The molecule has 7 nitrogen and oxygen atoms in total. The fourth-order valence-electron chi connectivity index (χ4n) is 2.95. The van der Waals surface area contributed by atoms with E-state index in [1.54, 1.807) is 4.52 Å². The van der Waals surface area contributed by atoms with E-state index in [9.17, 15) is 4.79 Å². The standard InChI is InChI=1S/C20H19N5O2S/c1-12-8-13(2)10-15(9-12)27-11-18(26)21-17-7-5-4-6-16(17)19-24-25-14(3)22-23-20(25)28-19/h4-10H,11H2,1-3H3,(H,21,26). The normalized spacial score (nSPS) is 11.0. The lowest BCUT2D eigenvalue weighted by Gasteiger charge is -2.11. The van der Waals surface area contributed by atoms with Gasteiger partial charge in [-0.05, 0) is 56.2 Å². The largest absolute Gasteiger partial charge is 0.484 e. The van der Waals surface area contributed by atoms with Crippen molar-refractivity contribution in [1.82, 2.24) is 19.8 Å². The van der Waals surface area contributed by atoms with E-state index in [-0.39, 0.29) is 12.5 Å². The van der Waals surface area contributed by atoms with Crippen LogP contribution in [-0.2, 0) is 4.79 Å². The summed E-state index contributed by atoms with van der Waals surface area (Å²) in [6.07, 6.45) is 0. The van der Waals surface area contributed by atoms with Crippen LogP contribution in [0.3, 0.4) is 0 Å². The minimum absolute atomic E-state index is 0.0680. The van der Waals surface area contributed by atoms with Crippen molar-refractivity contribution in [1.29, 1.82) is 0 Å². The summed E-state index contributed by atoms with van der Waals surface area (Å²) in [5, 5.41) is 16.3. The van der Waals surface area contributed by atoms with Crippen LogP contribution in [0, 0.1) is 20.8 Å². The lowest BCUT2D eigenvalue weighted by Crippen LogP contribution is -2.20. The molecule has 0 saturated carbocycles. The van der Waals surface area contributed by atoms with E-state index in [2.05, 4.69) is 26.7 Å². The van der Waals surface area contributed by atoms with E-state index in [0.29, 0.717) is 16.4 Å². The fraction of sp³-hybridized carbons (Fsp3) is 0.200. The predicted molar refractivity (Wildman–Crippen MR) is 109 cm³/mol. The first-order chi connectivity index (χ1) is 13.5. The van der Waals surface area contributed by atoms with Crippen LogP contribution in [0.1, 0.15) is 17.0 Å². The molecule has 8 heteroatoms. The number of rotatable bonds is 5. The lowest BCUT2D eigenvalue weighted by atomic mass is 10.1. The second-order valence-corrected chi connectivity index (χ2v) is 7.51. The Morgan fingerprint density at radius 3 is 2.61 bits per heavy atom. The van der Waals surface area contributed by atoms with Crippen LogP contribution >= 0.6 is 11.3 Å². The number of hydrogen-bond acceptors (Lipinski definition) is 6. The number of fused-ring (bicyclic) bond motifs is 1. The van der Waals surface area contributed by atoms with Gasteiger partial charge in [-0.15, -0.1) is 10.2 Å². The molecule has 142 valence electrons. The molecule has 0 atom stereocenters. The Balaban J connectivity index is 1.51. The van der Waals surface area contributed by atoms with Crippen molar-refractivity contribution >= 4 is 27.9 Å². The minimum atomic E-state index is -0.231. The van der Waals surface area contributed by atoms with Gasteiger partial charge in [0, 0.05) is 5.56 Å². The summed E-state index contributed by atoms with van der Waals surface area (Å²) < 4.78 is 7.35. The van der Waals surface area contributed by atoms with Crippen LogP contribution < -0.4 is 10.1 Å². The van der Waals surface area contributed by atoms with Gasteiger partial charge in [-0.2, -0.15) is 9.61 Å². The van der Waals surface area contributed by atoms with Crippen LogP contribution in [0.4, 0.5) is 5.69 Å². The van der Waals surface area contributed by atoms with E-state index >= 15 is 0 Å². The summed E-state index contributed by atoms with van der Waals surface area (Å²) in [6, 6.07) is 13.4. The average Bonchev–Trinajstić information content (AvgIpc) is 3.22. The van der Waals surface area contributed by atoms with Crippen molar-refractivity contribution in [2.75, 3.05) is 11.9 Å². The monoisotopic (exact) mass is 393 g/mol. The van der Waals surface area contributed by atoms with Gasteiger partial charge in [-0.25, -0.2) is 0 Å². The zero-order chi connectivity index (χ0) is 19.7. The third-order valence-corrected chi connectivity index (χ3v) is 5.08. The zero-order valence-electron chi connectivity index (χ0n) is 15.8. The molecule has 2 aromatic heterocycles. The number of hydrogen-bond donors (Lipinski definition) is 1. The second kappa shape index (κ2) is 7.40. The summed E-state index contributed by atoms with van der Waals surface area (Å²) >= 11 is 1.42. The number of aryl methyl sites for hydroxylation is 3. The molecule has 28 heavy (non-hydrogen) atoms. The molecule has 0 spiro atoms. The number of ether oxygens (including phenoxy) is 1. The number of anilines is 1. The smallest absolute Gasteiger partial charge is 0.262 e. The third kappa shape index (κ3) is 3.72. The first-order valence-corrected chi connectivity index (χ1v) is 9.60. The maximum Gasteiger partial charge on any atom is 0.262 e. The summed E-state index contributed by atoms with van der Waals surface area (Å²) in [6.45, 7) is 5.78. The average molecular weight is 393 g/mol. The predicted octanol–water partition coefficient (Wildman–Crippen LogP) is 3.80. The first-order valence-electron chi connectivity index (χ1n) is 8.79. The van der Waals surface area contributed by atoms with Crippen LogP contribution in [0.5, 0.6) is 5.75 Å². The van der Waals surface area contributed by atoms with Gasteiger partial charge in [0.05, 0.1) is 5.69 Å². The van der Waals surface area contributed by atoms with Crippen molar-refractivity contribution in [3.05, 3.63) is 59.4 Å². The molecular weight excluding hydrogens is 374 g/mol. The van der Waals surface area contributed by atoms with Crippen molar-refractivity contribution < 1.29 is 9.53 Å². The molecule has 2 aromatic carbocycles. The molecule has 0 radical (unpaired) electrons. The number of carbonyl (C=O) groups is 1. The summed E-state index contributed by atoms with van der Waals surface area (Å²) in [7, 11) is 0. The molecule has 4 rings (SSSR count). The van der Waals surface area contributed by atoms with Gasteiger partial charge in [0.25, 0.3) is 5.91 Å². The van der Waals surface area contributed by atoms with Gasteiger partial charge >= 0.3 is 0 Å². The molecule has 0 aliphatic carbocycles. The minimum Gasteiger partial charge on any atom is -0.484 e. The lowest BCUT2D eigenvalue weighted by molar-refractivity contribution is -0.118. The van der Waals surface area contributed by atoms with Crippen molar-refractivity contribution in [3.8, 4) is 16.3 Å². The highest BCUT2D eigenvalue weighted by Crippen LogP contribution is 2.31. The van der Waals surface area contributed by atoms with Crippen LogP contribution in [-0.4, -0.2) is 32.3 Å². The first kappa shape index (κ1) is 18.1. The fourth-order valence-corrected chi connectivity index (χ4v) is 3.88. The highest BCUT2D eigenvalue weighted by Gasteiger charge is 2.15. The molecule has 0 fully saturated rings. The van der Waals surface area contributed by atoms with Crippen LogP contribution in [0.25, 0.3) is 15.5 Å². The van der Waals surface area contributed by atoms with Gasteiger partial charge in [-0.1, -0.05) is 29.5 Å². The Labute approximate surface area is 166 Å². The number of nitrogens with zero attached hydrogens (tertiary/aromatic N) is 4. The Kier molecular flexibility index (Phi) is 4.79. The van der Waals surface area contributed by atoms with E-state index < -0.39 is 0 Å². The number of amides is 1. The molecule has 0 aliphatic heterocycles. The van der Waals surface area contributed by atoms with Gasteiger partial charge < -0.3 is 10.1 Å². The van der Waals surface area contributed by atoms with Crippen molar-refractivity contribution in [2.24, 2.45) is 0 Å². The molecule has 1 N–H and O–H groups in total. The van der Waals surface area contributed by atoms with Gasteiger partial charge in [0.2, 0.25) is 4.96 Å². The quantitative estimate of drug-likeness (QED) is 0.558. The molecule has 4 aromatic rings. The Morgan fingerprint density at radius 2 is 1.86 bits per heavy atom. The number of nitrogens with one attached hydrogen (secondary N) is 1. The highest BCUT2D eigenvalue weighted by molar-refractivity contribution is 7.19. The Bertz CT molecular complexity index is 1140. The third-order valence-electron chi connectivity index (χ3n) is 4.14. The zero-order valence-corrected chi connectivity index (χ0v) is 16.6. The number of aromatic nitrogens is 4. The SMILES string of the molecule is Cc1cc(C)cc(OCC(=O)Nc2ccccc2-c2nn3c(C)nnc3s2)c1. The maximum atomic E-state index is 12.4. The molecule has 2 heterocycles. The van der Waals surface area contributed by atoms with Crippen LogP contribution in [0.15, 0.2) is 42.5 Å². The molecule has 1 amide bonds. The number of para-hydroxylation sites is 1. The van der Waals surface area contributed by atoms with Crippen molar-refractivity contribution in [3.63, 3.8) is 0 Å². The topological polar surface area (TPSA) is 81.4 Å². The maximum absolute atomic E-state index is 12.4. The van der Waals surface area contributed by atoms with Gasteiger partial charge in [0.1, 0.15) is 10.8 Å². The summed E-state index contributed by atoms with van der Waals surface area (Å²) in [5.74, 6) is 1.18. The molecule has 0 aliphatic rings. The van der Waals surface area contributed by atoms with Gasteiger partial charge in [-0.3, -0.25) is 4.79 Å². The Hall–Kier alpha value is -3.26. The van der Waals surface area contributed by atoms with E-state index in [0.717, 1.165) is 27.5 Å². The van der Waals surface area contributed by atoms with Crippen LogP contribution in [0.2, 0.25) is 0 Å². The number of carbonyl (C=O) groups excluding carboxylic acids is 1. The number of benzene rings is 2. The molecular formula is C20H19N5O2S. The van der Waals surface area contributed by atoms with Crippen molar-refractivity contribution in [2.45, 2.75) is 20.8 Å². The van der Waals surface area contributed by atoms with Gasteiger partial charge in [0.15, 0.2) is 12.4 Å². The van der Waals surface area contributed by atoms with E-state index in [1.807, 2.05) is 57.2 Å². The Morgan fingerprint density at radius 1 is 1.11 bits per heavy atom. The summed E-state index contributed by atoms with van der Waals surface area (Å²) in [4.78, 5) is 13.1. The second-order valence-electron chi connectivity index (χ2n) is 6.55. The van der Waals surface area contributed by atoms with E-state index in [1.165, 1.54) is 11.3 Å². The molecule has 0 unspecified atom stereocenters. The van der Waals surface area contributed by atoms with E-state index in [4.69, 9.17) is 4.74 Å².